The maximum absolute atomic E-state index is 10.7. The first kappa shape index (κ1) is 103. The van der Waals surface area contributed by atoms with Crippen molar-refractivity contribution in [1.29, 1.82) is 0 Å². The highest BCUT2D eigenvalue weighted by Gasteiger charge is 2.08. The zero-order valence-corrected chi connectivity index (χ0v) is 62.3. The van der Waals surface area contributed by atoms with E-state index in [-0.39, 0.29) is 73.0 Å². The topological polar surface area (TPSA) is 484 Å². The van der Waals surface area contributed by atoms with E-state index in [0.29, 0.717) is 0 Å². The summed E-state index contributed by atoms with van der Waals surface area (Å²) >= 11 is 0. The monoisotopic (exact) mass is 1450 g/mol. The van der Waals surface area contributed by atoms with Gasteiger partial charge in [0.2, 0.25) is 0 Å². The second-order valence-corrected chi connectivity index (χ2v) is 27.2. The molecule has 0 unspecified atom stereocenters. The molecule has 0 aliphatic heterocycles. The van der Waals surface area contributed by atoms with Gasteiger partial charge in [0.1, 0.15) is 39.3 Å². The first-order valence-corrected chi connectivity index (χ1v) is 31.1. The molecule has 0 fully saturated rings. The molecule has 0 aliphatic carbocycles. The Labute approximate surface area is 600 Å². The summed E-state index contributed by atoms with van der Waals surface area (Å²) in [5.41, 5.74) is -1.07. The minimum atomic E-state index is -1.18. The van der Waals surface area contributed by atoms with Crippen LogP contribution in [0.15, 0.2) is 146 Å². The van der Waals surface area contributed by atoms with Crippen LogP contribution in [0.25, 0.3) is 0 Å². The molecule has 12 N–H and O–H groups in total. The maximum atomic E-state index is 10.7. The highest BCUT2D eigenvalue weighted by atomic mass is 16.4. The molecule has 0 radical (unpaired) electrons. The van der Waals surface area contributed by atoms with E-state index in [9.17, 15) is 59.4 Å². The smallest absolute Gasteiger partial charge is 0.335 e. The Morgan fingerprint density at radius 3 is 0.343 bits per heavy atom. The quantitative estimate of drug-likeness (QED) is 0.0531. The van der Waals surface area contributed by atoms with Crippen LogP contribution in [0.2, 0.25) is 0 Å². The molecule has 6 rings (SSSR count). The number of aromatic carboxylic acids is 6. The fraction of sp³-hybridized carbons (Fsp3) is 0.417. The van der Waals surface area contributed by atoms with Crippen LogP contribution in [0.1, 0.15) is 62.1 Å². The highest BCUT2D eigenvalue weighted by molar-refractivity contribution is 5.92. The van der Waals surface area contributed by atoms with Crippen LogP contribution < -0.4 is 30.6 Å². The number of para-hydroxylation sites is 6. The molecule has 6 aromatic carbocycles. The van der Waals surface area contributed by atoms with Crippen molar-refractivity contribution < 1.29 is 148 Å². The van der Waals surface area contributed by atoms with Crippen molar-refractivity contribution in [2.75, 3.05) is 206 Å². The zero-order valence-electron chi connectivity index (χ0n) is 62.3. The second-order valence-electron chi connectivity index (χ2n) is 27.2. The van der Waals surface area contributed by atoms with E-state index in [0.717, 1.165) is 66.2 Å². The summed E-state index contributed by atoms with van der Waals surface area (Å²) in [7, 11) is 36.9. The van der Waals surface area contributed by atoms with Crippen LogP contribution in [0.5, 0.6) is 34.5 Å². The molecule has 102 heavy (non-hydrogen) atoms. The Kier molecular flexibility index (Phi) is 56.0. The van der Waals surface area contributed by atoms with Crippen LogP contribution in [0.3, 0.4) is 0 Å². The molecule has 30 heteroatoms. The third-order valence-electron chi connectivity index (χ3n) is 11.3. The van der Waals surface area contributed by atoms with Gasteiger partial charge in [-0.1, -0.05) is 144 Å². The van der Waals surface area contributed by atoms with Crippen molar-refractivity contribution >= 4 is 35.8 Å². The van der Waals surface area contributed by atoms with E-state index < -0.39 is 70.3 Å². The average molecular weight is 1450 g/mol. The number of rotatable bonds is 18. The Hall–Kier alpha value is -9.54. The predicted molar refractivity (Wildman–Crippen MR) is 377 cm³/mol. The molecule has 0 bridgehead atoms. The van der Waals surface area contributed by atoms with E-state index in [1.165, 1.54) is 146 Å². The fourth-order valence-electron chi connectivity index (χ4n) is 5.66. The summed E-state index contributed by atoms with van der Waals surface area (Å²) in [4.78, 5) is 61.3. The molecule has 0 heterocycles. The summed E-state index contributed by atoms with van der Waals surface area (Å²) in [6.07, 6.45) is 0. The number of likely N-dealkylation sites (N-methyl/N-ethyl adjacent to an activating group) is 6. The van der Waals surface area contributed by atoms with Gasteiger partial charge in [-0.25, -0.2) is 28.8 Å². The lowest BCUT2D eigenvalue weighted by atomic mass is 10.2. The number of aliphatic hydroxyl groups is 6. The highest BCUT2D eigenvalue weighted by Crippen LogP contribution is 2.15. The number of nitrogens with zero attached hydrogens (tertiary/aromatic N) is 6. The number of hydrogen-bond donors (Lipinski definition) is 12. The SMILES string of the molecule is C[N+](C)(C)CCO.C[N+](C)(C)CCO.C[N+](C)(C)CCO.C[N+](C)(C)CCO.C[N+](C)(C)CCO.C[N+](C)(C)CCO.O=C(O)c1ccccc1[O-].O=C(O)c1ccccc1[O-].O=C(O)c1ccccc1[O-].O=C(O)c1ccccc1[O-].O=C(O)c1ccccc1[O-].O=C(O)c1ccccc1[O-]. The summed E-state index contributed by atoms with van der Waals surface area (Å²) in [6.45, 7) is 6.69. The van der Waals surface area contributed by atoms with Crippen molar-refractivity contribution in [3.05, 3.63) is 179 Å². The van der Waals surface area contributed by atoms with Gasteiger partial charge in [0.25, 0.3) is 0 Å². The average Bonchev–Trinajstić information content (AvgIpc) is 0.924. The van der Waals surface area contributed by atoms with Crippen LogP contribution >= 0.6 is 0 Å². The first-order valence-electron chi connectivity index (χ1n) is 31.1. The normalized spacial score (nSPS) is 10.4. The number of carboxylic acid groups (broad SMARTS) is 6. The number of carbonyl (C=O) groups is 6. The van der Waals surface area contributed by atoms with Gasteiger partial charge in [0.15, 0.2) is 0 Å². The molecule has 0 amide bonds. The maximum Gasteiger partial charge on any atom is 0.335 e. The van der Waals surface area contributed by atoms with Crippen LogP contribution in [0, 0.1) is 0 Å². The molecule has 0 saturated heterocycles. The Morgan fingerprint density at radius 1 is 0.216 bits per heavy atom. The third-order valence-corrected chi connectivity index (χ3v) is 11.3. The van der Waals surface area contributed by atoms with Crippen LogP contribution in [0.4, 0.5) is 0 Å². The van der Waals surface area contributed by atoms with E-state index in [4.69, 9.17) is 61.3 Å². The summed E-state index contributed by atoms with van der Waals surface area (Å²) in [6, 6.07) is 33.2. The Balaban J connectivity index is -0.000000247. The molecular formula is C72H114N6O24. The van der Waals surface area contributed by atoms with Gasteiger partial charge in [-0.05, 0) is 36.4 Å². The minimum absolute atomic E-state index is 0.178. The number of hydrogen-bond acceptors (Lipinski definition) is 18. The minimum Gasteiger partial charge on any atom is -0.872 e. The molecule has 0 saturated carbocycles. The number of benzene rings is 6. The molecule has 576 valence electrons. The van der Waals surface area contributed by atoms with Crippen molar-refractivity contribution in [2.45, 2.75) is 0 Å². The van der Waals surface area contributed by atoms with Gasteiger partial charge < -0.3 is 119 Å². The fourth-order valence-corrected chi connectivity index (χ4v) is 5.66. The van der Waals surface area contributed by atoms with Gasteiger partial charge >= 0.3 is 35.8 Å². The lowest BCUT2D eigenvalue weighted by Crippen LogP contribution is -2.36. The molecule has 6 aromatic rings. The zero-order chi connectivity index (χ0) is 80.8. The van der Waals surface area contributed by atoms with Gasteiger partial charge in [-0.15, -0.1) is 0 Å². The third kappa shape index (κ3) is 66.3. The molecule has 0 atom stereocenters. The Morgan fingerprint density at radius 2 is 0.304 bits per heavy atom. The lowest BCUT2D eigenvalue weighted by molar-refractivity contribution is -0.870. The largest absolute Gasteiger partial charge is 0.872 e. The first-order chi connectivity index (χ1) is 46.7. The summed E-state index contributed by atoms with van der Waals surface area (Å²) in [5, 5.41) is 165. The van der Waals surface area contributed by atoms with E-state index in [1.807, 2.05) is 0 Å². The number of quaternary nitrogens is 6. The van der Waals surface area contributed by atoms with E-state index in [2.05, 4.69) is 127 Å². The van der Waals surface area contributed by atoms with E-state index >= 15 is 0 Å². The number of carboxylic acids is 6. The van der Waals surface area contributed by atoms with Crippen molar-refractivity contribution in [3.8, 4) is 34.5 Å². The number of aliphatic hydroxyl groups excluding tert-OH is 6. The van der Waals surface area contributed by atoms with Gasteiger partial charge in [-0.2, -0.15) is 0 Å². The molecular weight excluding hydrogens is 1330 g/mol. The predicted octanol–water partition coefficient (Wildman–Crippen LogP) is 0.860. The standard InChI is InChI=1S/6C7H6O3.6C5H14NO/c6*8-6-4-2-1-3-5(6)7(9)10;6*1-6(2,3)4-5-7/h6*1-4,8H,(H,9,10);6*7H,4-5H2,1-3H3/q;;;;;;6*+1/p-6. The molecule has 0 aromatic heterocycles. The van der Waals surface area contributed by atoms with Crippen molar-refractivity contribution in [2.24, 2.45) is 0 Å². The molecule has 0 spiro atoms. The van der Waals surface area contributed by atoms with Gasteiger partial charge in [-0.3, -0.25) is 0 Å². The molecule has 30 nitrogen and oxygen atoms in total. The summed E-state index contributed by atoms with van der Waals surface area (Å²) in [5.74, 6) is -9.75. The van der Waals surface area contributed by atoms with E-state index in [1.54, 1.807) is 0 Å². The molecule has 0 aliphatic rings. The Bertz CT molecular complexity index is 2700. The van der Waals surface area contributed by atoms with Crippen LogP contribution in [-0.4, -0.2) is 330 Å². The second kappa shape index (κ2) is 55.2. The van der Waals surface area contributed by atoms with Gasteiger partial charge in [0.05, 0.1) is 200 Å². The van der Waals surface area contributed by atoms with Gasteiger partial charge in [0, 0.05) is 0 Å². The van der Waals surface area contributed by atoms with Crippen molar-refractivity contribution in [3.63, 3.8) is 0 Å². The lowest BCUT2D eigenvalue weighted by Gasteiger charge is -2.21. The van der Waals surface area contributed by atoms with Crippen LogP contribution in [-0.2, 0) is 0 Å². The summed E-state index contributed by atoms with van der Waals surface area (Å²) < 4.78 is 5.06. The van der Waals surface area contributed by atoms with Crippen molar-refractivity contribution in [1.82, 2.24) is 0 Å².